The third kappa shape index (κ3) is 4.50. The number of carbonyl (C=O) groups is 1. The molecule has 1 fully saturated rings. The van der Waals surface area contributed by atoms with Crippen molar-refractivity contribution >= 4 is 23.3 Å². The Morgan fingerprint density at radius 1 is 1.11 bits per heavy atom. The van der Waals surface area contributed by atoms with Crippen LogP contribution in [0.5, 0.6) is 0 Å². The summed E-state index contributed by atoms with van der Waals surface area (Å²) < 4.78 is 5.37. The second-order valence-electron chi connectivity index (χ2n) is 6.33. The van der Waals surface area contributed by atoms with Crippen molar-refractivity contribution in [3.8, 4) is 10.7 Å². The van der Waals surface area contributed by atoms with E-state index < -0.39 is 0 Å². The molecule has 1 saturated heterocycles. The molecule has 0 spiro atoms. The van der Waals surface area contributed by atoms with E-state index in [1.807, 2.05) is 58.8 Å². The number of nitrogens with zero attached hydrogens (tertiary/aromatic N) is 4. The molecule has 0 unspecified atom stereocenters. The van der Waals surface area contributed by atoms with Crippen LogP contribution in [0.2, 0.25) is 0 Å². The van der Waals surface area contributed by atoms with Crippen LogP contribution < -0.4 is 0 Å². The van der Waals surface area contributed by atoms with E-state index in [9.17, 15) is 4.79 Å². The Kier molecular flexibility index (Phi) is 5.41. The van der Waals surface area contributed by atoms with Crippen LogP contribution in [0.15, 0.2) is 58.4 Å². The van der Waals surface area contributed by atoms with Crippen molar-refractivity contribution in [2.75, 3.05) is 26.2 Å². The Hall–Kier alpha value is -2.77. The summed E-state index contributed by atoms with van der Waals surface area (Å²) in [5.74, 6) is 1.30. The Bertz CT molecular complexity index is 897. The van der Waals surface area contributed by atoms with E-state index in [0.29, 0.717) is 31.3 Å². The van der Waals surface area contributed by atoms with Gasteiger partial charge < -0.3 is 9.42 Å². The first kappa shape index (κ1) is 17.6. The van der Waals surface area contributed by atoms with Gasteiger partial charge in [-0.15, -0.1) is 11.3 Å². The zero-order chi connectivity index (χ0) is 18.5. The summed E-state index contributed by atoms with van der Waals surface area (Å²) in [5, 5.41) is 6.04. The second kappa shape index (κ2) is 8.28. The van der Waals surface area contributed by atoms with Crippen molar-refractivity contribution in [2.24, 2.45) is 0 Å². The van der Waals surface area contributed by atoms with Gasteiger partial charge in [0.05, 0.1) is 11.4 Å². The molecule has 2 aromatic heterocycles. The molecule has 1 aromatic carbocycles. The SMILES string of the molecule is O=C(/C=C/c1ccccc1)N1CCN(Cc2nc(-c3cccs3)no2)CC1. The smallest absolute Gasteiger partial charge is 0.246 e. The quantitative estimate of drug-likeness (QED) is 0.636. The Morgan fingerprint density at radius 3 is 2.67 bits per heavy atom. The fourth-order valence-corrected chi connectivity index (χ4v) is 3.63. The molecule has 0 aliphatic carbocycles. The molecule has 1 aliphatic heterocycles. The summed E-state index contributed by atoms with van der Waals surface area (Å²) in [6.07, 6.45) is 3.51. The number of rotatable bonds is 5. The molecular formula is C20H20N4O2S. The summed E-state index contributed by atoms with van der Waals surface area (Å²) in [5.41, 5.74) is 1.03. The minimum absolute atomic E-state index is 0.0521. The van der Waals surface area contributed by atoms with Crippen LogP contribution in [0, 0.1) is 0 Å². The highest BCUT2D eigenvalue weighted by molar-refractivity contribution is 7.13. The zero-order valence-electron chi connectivity index (χ0n) is 14.8. The van der Waals surface area contributed by atoms with E-state index in [1.165, 1.54) is 0 Å². The topological polar surface area (TPSA) is 62.5 Å². The molecular weight excluding hydrogens is 360 g/mol. The third-order valence-corrected chi connectivity index (χ3v) is 5.34. The lowest BCUT2D eigenvalue weighted by Crippen LogP contribution is -2.47. The highest BCUT2D eigenvalue weighted by atomic mass is 32.1. The van der Waals surface area contributed by atoms with E-state index in [-0.39, 0.29) is 5.91 Å². The molecule has 4 rings (SSSR count). The molecule has 3 heterocycles. The van der Waals surface area contributed by atoms with Crippen LogP contribution in [0.25, 0.3) is 16.8 Å². The molecule has 3 aromatic rings. The van der Waals surface area contributed by atoms with Gasteiger partial charge in [0.2, 0.25) is 17.6 Å². The predicted octanol–water partition coefficient (Wildman–Crippen LogP) is 3.16. The summed E-state index contributed by atoms with van der Waals surface area (Å²) in [7, 11) is 0. The minimum Gasteiger partial charge on any atom is -0.338 e. The standard InChI is InChI=1S/C20H20N4O2S/c25-19(9-8-16-5-2-1-3-6-16)24-12-10-23(11-13-24)15-18-21-20(22-26-18)17-7-4-14-27-17/h1-9,14H,10-13,15H2/b9-8+. The van der Waals surface area contributed by atoms with Gasteiger partial charge in [0.25, 0.3) is 0 Å². The zero-order valence-corrected chi connectivity index (χ0v) is 15.6. The van der Waals surface area contributed by atoms with Crippen molar-refractivity contribution in [2.45, 2.75) is 6.54 Å². The number of aromatic nitrogens is 2. The molecule has 1 aliphatic rings. The van der Waals surface area contributed by atoms with Crippen molar-refractivity contribution in [3.05, 3.63) is 65.4 Å². The molecule has 0 radical (unpaired) electrons. The maximum Gasteiger partial charge on any atom is 0.246 e. The van der Waals surface area contributed by atoms with E-state index in [1.54, 1.807) is 17.4 Å². The van der Waals surface area contributed by atoms with Crippen LogP contribution in [-0.2, 0) is 11.3 Å². The average Bonchev–Trinajstić information content (AvgIpc) is 3.39. The first-order valence-corrected chi connectivity index (χ1v) is 9.77. The number of piperazine rings is 1. The predicted molar refractivity (Wildman–Crippen MR) is 105 cm³/mol. The van der Waals surface area contributed by atoms with Gasteiger partial charge in [0.15, 0.2) is 0 Å². The van der Waals surface area contributed by atoms with Crippen LogP contribution in [0.1, 0.15) is 11.5 Å². The highest BCUT2D eigenvalue weighted by Crippen LogP contribution is 2.21. The number of thiophene rings is 1. The van der Waals surface area contributed by atoms with E-state index in [4.69, 9.17) is 4.52 Å². The normalized spacial score (nSPS) is 15.5. The van der Waals surface area contributed by atoms with Crippen LogP contribution in [0.4, 0.5) is 0 Å². The lowest BCUT2D eigenvalue weighted by molar-refractivity contribution is -0.127. The summed E-state index contributed by atoms with van der Waals surface area (Å²) in [4.78, 5) is 21.9. The molecule has 6 nitrogen and oxygen atoms in total. The Morgan fingerprint density at radius 2 is 1.93 bits per heavy atom. The largest absolute Gasteiger partial charge is 0.338 e. The number of benzene rings is 1. The minimum atomic E-state index is 0.0521. The van der Waals surface area contributed by atoms with Crippen molar-refractivity contribution < 1.29 is 9.32 Å². The van der Waals surface area contributed by atoms with Crippen LogP contribution >= 0.6 is 11.3 Å². The second-order valence-corrected chi connectivity index (χ2v) is 7.28. The van der Waals surface area contributed by atoms with E-state index >= 15 is 0 Å². The van der Waals surface area contributed by atoms with E-state index in [2.05, 4.69) is 15.0 Å². The lowest BCUT2D eigenvalue weighted by Gasteiger charge is -2.33. The van der Waals surface area contributed by atoms with Gasteiger partial charge in [0, 0.05) is 32.3 Å². The summed E-state index contributed by atoms with van der Waals surface area (Å²) >= 11 is 1.59. The van der Waals surface area contributed by atoms with Crippen molar-refractivity contribution in [1.29, 1.82) is 0 Å². The van der Waals surface area contributed by atoms with Gasteiger partial charge in [-0.05, 0) is 23.1 Å². The first-order valence-electron chi connectivity index (χ1n) is 8.89. The fraction of sp³-hybridized carbons (Fsp3) is 0.250. The molecule has 0 bridgehead atoms. The van der Waals surface area contributed by atoms with Crippen LogP contribution in [0.3, 0.4) is 0 Å². The van der Waals surface area contributed by atoms with Gasteiger partial charge >= 0.3 is 0 Å². The summed E-state index contributed by atoms with van der Waals surface area (Å²) in [6.45, 7) is 3.59. The molecule has 0 saturated carbocycles. The maximum absolute atomic E-state index is 12.4. The molecule has 7 heteroatoms. The Balaban J connectivity index is 1.28. The first-order chi connectivity index (χ1) is 13.3. The summed E-state index contributed by atoms with van der Waals surface area (Å²) in [6, 6.07) is 13.8. The average molecular weight is 380 g/mol. The molecule has 1 amide bonds. The van der Waals surface area contributed by atoms with E-state index in [0.717, 1.165) is 23.5 Å². The van der Waals surface area contributed by atoms with Gasteiger partial charge in [-0.1, -0.05) is 41.6 Å². The van der Waals surface area contributed by atoms with Gasteiger partial charge in [0.1, 0.15) is 0 Å². The fourth-order valence-electron chi connectivity index (χ4n) is 2.98. The maximum atomic E-state index is 12.4. The van der Waals surface area contributed by atoms with Gasteiger partial charge in [-0.3, -0.25) is 9.69 Å². The lowest BCUT2D eigenvalue weighted by atomic mass is 10.2. The highest BCUT2D eigenvalue weighted by Gasteiger charge is 2.21. The molecule has 0 N–H and O–H groups in total. The molecule has 27 heavy (non-hydrogen) atoms. The third-order valence-electron chi connectivity index (χ3n) is 4.47. The molecule has 0 atom stereocenters. The monoisotopic (exact) mass is 380 g/mol. The number of hydrogen-bond acceptors (Lipinski definition) is 6. The van der Waals surface area contributed by atoms with Gasteiger partial charge in [-0.25, -0.2) is 0 Å². The number of hydrogen-bond donors (Lipinski definition) is 0. The van der Waals surface area contributed by atoms with Crippen LogP contribution in [-0.4, -0.2) is 52.0 Å². The number of carbonyl (C=O) groups excluding carboxylic acids is 1. The van der Waals surface area contributed by atoms with Gasteiger partial charge in [-0.2, -0.15) is 4.98 Å². The Labute approximate surface area is 161 Å². The molecule has 138 valence electrons. The number of amides is 1. The van der Waals surface area contributed by atoms with Crippen molar-refractivity contribution in [3.63, 3.8) is 0 Å². The van der Waals surface area contributed by atoms with Crippen molar-refractivity contribution in [1.82, 2.24) is 19.9 Å².